The second kappa shape index (κ2) is 6.70. The van der Waals surface area contributed by atoms with E-state index in [0.29, 0.717) is 0 Å². The van der Waals surface area contributed by atoms with Crippen LogP contribution in [-0.2, 0) is 0 Å². The number of nitrogens with zero attached hydrogens (tertiary/aromatic N) is 2. The lowest BCUT2D eigenvalue weighted by atomic mass is 10.2. The minimum Gasteiger partial charge on any atom is -0.370 e. The lowest BCUT2D eigenvalue weighted by molar-refractivity contribution is 0.955. The van der Waals surface area contributed by atoms with Crippen LogP contribution in [0.3, 0.4) is 0 Å². The van der Waals surface area contributed by atoms with E-state index in [2.05, 4.69) is 62.5 Å². The van der Waals surface area contributed by atoms with Crippen LogP contribution in [0.2, 0.25) is 0 Å². The largest absolute Gasteiger partial charge is 0.370 e. The van der Waals surface area contributed by atoms with Crippen molar-refractivity contribution < 1.29 is 0 Å². The molecule has 0 saturated heterocycles. The maximum Gasteiger partial charge on any atom is 0.136 e. The van der Waals surface area contributed by atoms with E-state index in [9.17, 15) is 0 Å². The summed E-state index contributed by atoms with van der Waals surface area (Å²) in [5, 5.41) is 6.61. The highest BCUT2D eigenvalue weighted by atomic mass is 79.9. The van der Waals surface area contributed by atoms with Crippen molar-refractivity contribution in [2.24, 2.45) is 0 Å². The Hall–Kier alpha value is -1.62. The van der Waals surface area contributed by atoms with Crippen molar-refractivity contribution in [3.63, 3.8) is 0 Å². The maximum atomic E-state index is 4.42. The third kappa shape index (κ3) is 4.20. The average Bonchev–Trinajstić information content (AvgIpc) is 2.34. The van der Waals surface area contributed by atoms with E-state index in [4.69, 9.17) is 0 Å². The standard InChI is InChI=1S/C15H19BrN4/c1-4-5-17-14-9-15(19-11(3)18-14)20-13-7-10(2)6-12(16)8-13/h6-9H,4-5H2,1-3H3,(H2,17,18,19,20). The molecule has 1 heterocycles. The molecule has 0 aliphatic carbocycles. The van der Waals surface area contributed by atoms with Crippen molar-refractivity contribution in [3.8, 4) is 0 Å². The number of hydrogen-bond acceptors (Lipinski definition) is 4. The zero-order chi connectivity index (χ0) is 14.5. The molecule has 5 heteroatoms. The van der Waals surface area contributed by atoms with Crippen molar-refractivity contribution in [2.75, 3.05) is 17.2 Å². The van der Waals surface area contributed by atoms with Crippen molar-refractivity contribution in [3.05, 3.63) is 40.1 Å². The first-order valence-corrected chi connectivity index (χ1v) is 7.50. The molecule has 2 aromatic rings. The van der Waals surface area contributed by atoms with E-state index in [1.54, 1.807) is 0 Å². The predicted molar refractivity (Wildman–Crippen MR) is 87.7 cm³/mol. The Morgan fingerprint density at radius 1 is 1.05 bits per heavy atom. The molecular formula is C15H19BrN4. The molecule has 0 spiro atoms. The minimum absolute atomic E-state index is 0.750. The number of hydrogen-bond donors (Lipinski definition) is 2. The smallest absolute Gasteiger partial charge is 0.136 e. The van der Waals surface area contributed by atoms with Gasteiger partial charge in [-0.25, -0.2) is 9.97 Å². The zero-order valence-electron chi connectivity index (χ0n) is 12.0. The normalized spacial score (nSPS) is 10.4. The molecule has 0 bridgehead atoms. The molecule has 106 valence electrons. The number of rotatable bonds is 5. The van der Waals surface area contributed by atoms with Crippen molar-refractivity contribution in [1.29, 1.82) is 0 Å². The second-order valence-electron chi connectivity index (χ2n) is 4.75. The lowest BCUT2D eigenvalue weighted by Gasteiger charge is -2.10. The molecular weight excluding hydrogens is 316 g/mol. The first-order chi connectivity index (χ1) is 9.56. The van der Waals surface area contributed by atoms with Gasteiger partial charge in [-0.15, -0.1) is 0 Å². The summed E-state index contributed by atoms with van der Waals surface area (Å²) >= 11 is 3.50. The van der Waals surface area contributed by atoms with Crippen LogP contribution in [0.1, 0.15) is 24.7 Å². The summed E-state index contributed by atoms with van der Waals surface area (Å²) in [6, 6.07) is 8.12. The van der Waals surface area contributed by atoms with Gasteiger partial charge in [0.25, 0.3) is 0 Å². The van der Waals surface area contributed by atoms with E-state index < -0.39 is 0 Å². The van der Waals surface area contributed by atoms with E-state index in [0.717, 1.165) is 40.6 Å². The monoisotopic (exact) mass is 334 g/mol. The number of halogens is 1. The summed E-state index contributed by atoms with van der Waals surface area (Å²) in [6.45, 7) is 7.00. The molecule has 0 aliphatic heterocycles. The molecule has 20 heavy (non-hydrogen) atoms. The van der Waals surface area contributed by atoms with Crippen LogP contribution in [0.4, 0.5) is 17.3 Å². The summed E-state index contributed by atoms with van der Waals surface area (Å²) in [4.78, 5) is 8.80. The summed E-state index contributed by atoms with van der Waals surface area (Å²) < 4.78 is 1.05. The van der Waals surface area contributed by atoms with Gasteiger partial charge in [-0.1, -0.05) is 22.9 Å². The van der Waals surface area contributed by atoms with E-state index in [-0.39, 0.29) is 0 Å². The molecule has 0 aliphatic rings. The predicted octanol–water partition coefficient (Wildman–Crippen LogP) is 4.42. The Morgan fingerprint density at radius 3 is 2.50 bits per heavy atom. The van der Waals surface area contributed by atoms with Crippen LogP contribution < -0.4 is 10.6 Å². The molecule has 4 nitrogen and oxygen atoms in total. The van der Waals surface area contributed by atoms with Crippen LogP contribution in [0, 0.1) is 13.8 Å². The van der Waals surface area contributed by atoms with Crippen LogP contribution in [0.25, 0.3) is 0 Å². The third-order valence-electron chi connectivity index (χ3n) is 2.71. The first-order valence-electron chi connectivity index (χ1n) is 6.70. The van der Waals surface area contributed by atoms with Gasteiger partial charge in [0, 0.05) is 22.8 Å². The Morgan fingerprint density at radius 2 is 1.80 bits per heavy atom. The highest BCUT2D eigenvalue weighted by molar-refractivity contribution is 9.10. The number of aryl methyl sites for hydroxylation is 2. The van der Waals surface area contributed by atoms with Gasteiger partial charge in [0.05, 0.1) is 0 Å². The molecule has 1 aromatic heterocycles. The summed E-state index contributed by atoms with van der Waals surface area (Å²) in [5.74, 6) is 2.41. The third-order valence-corrected chi connectivity index (χ3v) is 3.17. The molecule has 0 atom stereocenters. The first kappa shape index (κ1) is 14.8. The number of anilines is 3. The van der Waals surface area contributed by atoms with Crippen LogP contribution >= 0.6 is 15.9 Å². The number of aromatic nitrogens is 2. The van der Waals surface area contributed by atoms with Crippen molar-refractivity contribution in [2.45, 2.75) is 27.2 Å². The Balaban J connectivity index is 2.21. The van der Waals surface area contributed by atoms with Gasteiger partial charge in [-0.05, 0) is 44.0 Å². The molecule has 0 radical (unpaired) electrons. The zero-order valence-corrected chi connectivity index (χ0v) is 13.6. The van der Waals surface area contributed by atoms with E-state index >= 15 is 0 Å². The van der Waals surface area contributed by atoms with Gasteiger partial charge in [-0.3, -0.25) is 0 Å². The van der Waals surface area contributed by atoms with Gasteiger partial charge >= 0.3 is 0 Å². The SMILES string of the molecule is CCCNc1cc(Nc2cc(C)cc(Br)c2)nc(C)n1. The summed E-state index contributed by atoms with van der Waals surface area (Å²) in [7, 11) is 0. The molecule has 2 N–H and O–H groups in total. The van der Waals surface area contributed by atoms with Gasteiger partial charge in [0.1, 0.15) is 17.5 Å². The lowest BCUT2D eigenvalue weighted by Crippen LogP contribution is -2.05. The quantitative estimate of drug-likeness (QED) is 0.849. The Kier molecular flexibility index (Phi) is 4.95. The maximum absolute atomic E-state index is 4.42. The highest BCUT2D eigenvalue weighted by Crippen LogP contribution is 2.22. The molecule has 0 fully saturated rings. The van der Waals surface area contributed by atoms with Gasteiger partial charge in [0.2, 0.25) is 0 Å². The van der Waals surface area contributed by atoms with Gasteiger partial charge < -0.3 is 10.6 Å². The summed E-state index contributed by atoms with van der Waals surface area (Å²) in [5.41, 5.74) is 2.20. The van der Waals surface area contributed by atoms with Gasteiger partial charge in [0.15, 0.2) is 0 Å². The molecule has 0 amide bonds. The fraction of sp³-hybridized carbons (Fsp3) is 0.333. The highest BCUT2D eigenvalue weighted by Gasteiger charge is 2.03. The Labute approximate surface area is 128 Å². The molecule has 0 saturated carbocycles. The van der Waals surface area contributed by atoms with Crippen LogP contribution in [0.15, 0.2) is 28.7 Å². The van der Waals surface area contributed by atoms with Crippen molar-refractivity contribution >= 4 is 33.3 Å². The Bertz CT molecular complexity index is 578. The minimum atomic E-state index is 0.750. The molecule has 0 unspecified atom stereocenters. The van der Waals surface area contributed by atoms with Crippen LogP contribution in [-0.4, -0.2) is 16.5 Å². The van der Waals surface area contributed by atoms with Crippen molar-refractivity contribution in [1.82, 2.24) is 9.97 Å². The topological polar surface area (TPSA) is 49.8 Å². The van der Waals surface area contributed by atoms with E-state index in [1.807, 2.05) is 19.1 Å². The number of benzene rings is 1. The fourth-order valence-corrected chi connectivity index (χ4v) is 2.54. The van der Waals surface area contributed by atoms with Gasteiger partial charge in [-0.2, -0.15) is 0 Å². The van der Waals surface area contributed by atoms with Crippen LogP contribution in [0.5, 0.6) is 0 Å². The molecule has 1 aromatic carbocycles. The summed E-state index contributed by atoms with van der Waals surface area (Å²) in [6.07, 6.45) is 1.07. The number of nitrogens with one attached hydrogen (secondary N) is 2. The molecule has 2 rings (SSSR count). The average molecular weight is 335 g/mol. The fourth-order valence-electron chi connectivity index (χ4n) is 1.93. The second-order valence-corrected chi connectivity index (χ2v) is 5.67. The van der Waals surface area contributed by atoms with E-state index in [1.165, 1.54) is 5.56 Å².